The first-order chi connectivity index (χ1) is 13.2. The summed E-state index contributed by atoms with van der Waals surface area (Å²) in [6, 6.07) is 6.72. The van der Waals surface area contributed by atoms with Gasteiger partial charge < -0.3 is 10.2 Å². The summed E-state index contributed by atoms with van der Waals surface area (Å²) in [5.41, 5.74) is 1.53. The highest BCUT2D eigenvalue weighted by Gasteiger charge is 2.44. The van der Waals surface area contributed by atoms with Gasteiger partial charge in [-0.3, -0.25) is 14.6 Å². The van der Waals surface area contributed by atoms with Crippen LogP contribution < -0.4 is 5.32 Å². The molecule has 1 aromatic carbocycles. The van der Waals surface area contributed by atoms with E-state index in [-0.39, 0.29) is 5.82 Å². The Kier molecular flexibility index (Phi) is 4.60. The quantitative estimate of drug-likeness (QED) is 0.769. The molecule has 1 N–H and O–H groups in total. The van der Waals surface area contributed by atoms with Crippen LogP contribution in [0.25, 0.3) is 10.9 Å². The number of pyridine rings is 1. The molecule has 1 aromatic heterocycles. The highest BCUT2D eigenvalue weighted by Crippen LogP contribution is 2.47. The van der Waals surface area contributed by atoms with Gasteiger partial charge >= 0.3 is 11.8 Å². The van der Waals surface area contributed by atoms with Crippen molar-refractivity contribution in [2.45, 2.75) is 45.1 Å². The van der Waals surface area contributed by atoms with Crippen LogP contribution in [0.1, 0.15) is 45.1 Å². The van der Waals surface area contributed by atoms with Crippen molar-refractivity contribution in [1.82, 2.24) is 15.2 Å². The van der Waals surface area contributed by atoms with E-state index >= 15 is 0 Å². The Bertz CT molecular complexity index is 923. The summed E-state index contributed by atoms with van der Waals surface area (Å²) >= 11 is 0. The van der Waals surface area contributed by atoms with Crippen molar-refractivity contribution in [2.24, 2.45) is 11.8 Å². The number of halogens is 1. The Morgan fingerprint density at radius 2 is 1.82 bits per heavy atom. The number of carbonyl (C=O) groups is 2. The molecule has 6 heteroatoms. The number of carbonyl (C=O) groups excluding carboxylic acids is 2. The van der Waals surface area contributed by atoms with Crippen LogP contribution in [-0.2, 0) is 9.59 Å². The summed E-state index contributed by atoms with van der Waals surface area (Å²) in [6.45, 7) is 6.83. The largest absolute Gasteiger partial charge is 0.343 e. The molecule has 2 amide bonds. The number of rotatable bonds is 1. The van der Waals surface area contributed by atoms with Crippen molar-refractivity contribution in [3.63, 3.8) is 0 Å². The van der Waals surface area contributed by atoms with Crippen molar-refractivity contribution in [3.8, 4) is 0 Å². The van der Waals surface area contributed by atoms with Crippen LogP contribution in [0.4, 0.5) is 4.39 Å². The van der Waals surface area contributed by atoms with Gasteiger partial charge in [-0.2, -0.15) is 0 Å². The van der Waals surface area contributed by atoms with Gasteiger partial charge in [0.1, 0.15) is 5.82 Å². The van der Waals surface area contributed by atoms with Crippen LogP contribution in [0.2, 0.25) is 0 Å². The molecule has 1 unspecified atom stereocenters. The zero-order chi connectivity index (χ0) is 20.1. The van der Waals surface area contributed by atoms with E-state index in [1.54, 1.807) is 23.2 Å². The van der Waals surface area contributed by atoms with E-state index in [0.29, 0.717) is 30.8 Å². The van der Waals surface area contributed by atoms with Crippen LogP contribution in [0, 0.1) is 17.7 Å². The highest BCUT2D eigenvalue weighted by molar-refractivity contribution is 6.35. The van der Waals surface area contributed by atoms with E-state index in [1.165, 1.54) is 6.07 Å². The van der Waals surface area contributed by atoms with Crippen molar-refractivity contribution >= 4 is 22.7 Å². The molecule has 3 atom stereocenters. The van der Waals surface area contributed by atoms with E-state index in [2.05, 4.69) is 10.3 Å². The lowest BCUT2D eigenvalue weighted by Gasteiger charge is -2.23. The van der Waals surface area contributed by atoms with Crippen molar-refractivity contribution in [2.75, 3.05) is 13.1 Å². The van der Waals surface area contributed by atoms with Crippen LogP contribution in [0.5, 0.6) is 0 Å². The van der Waals surface area contributed by atoms with Gasteiger partial charge in [-0.05, 0) is 81.2 Å². The third-order valence-electron chi connectivity index (χ3n) is 5.90. The average Bonchev–Trinajstić information content (AvgIpc) is 3.18. The van der Waals surface area contributed by atoms with Gasteiger partial charge in [0.25, 0.3) is 0 Å². The minimum Gasteiger partial charge on any atom is -0.343 e. The van der Waals surface area contributed by atoms with Crippen LogP contribution in [0.3, 0.4) is 0 Å². The van der Waals surface area contributed by atoms with Crippen LogP contribution in [-0.4, -0.2) is 40.3 Å². The van der Waals surface area contributed by atoms with Gasteiger partial charge in [-0.25, -0.2) is 4.39 Å². The summed E-state index contributed by atoms with van der Waals surface area (Å²) < 4.78 is 13.8. The molecular formula is C22H26FN3O2. The molecule has 5 nitrogen and oxygen atoms in total. The lowest BCUT2D eigenvalue weighted by Crippen LogP contribution is -2.49. The minimum atomic E-state index is -0.528. The van der Waals surface area contributed by atoms with Gasteiger partial charge in [0.2, 0.25) is 0 Å². The number of likely N-dealkylation sites (tertiary alicyclic amines) is 1. The molecule has 148 valence electrons. The second-order valence-corrected chi connectivity index (χ2v) is 9.16. The predicted octanol–water partition coefficient (Wildman–Crippen LogP) is 3.24. The number of nitrogens with zero attached hydrogens (tertiary/aromatic N) is 2. The Morgan fingerprint density at radius 3 is 2.46 bits per heavy atom. The average molecular weight is 383 g/mol. The molecule has 1 aliphatic carbocycles. The van der Waals surface area contributed by atoms with Crippen molar-refractivity contribution in [3.05, 3.63) is 41.8 Å². The van der Waals surface area contributed by atoms with E-state index in [1.807, 2.05) is 26.8 Å². The number of hydrogen-bond donors (Lipinski definition) is 1. The SMILES string of the molecule is CC(C)(C)NC(=O)C(=O)N1C[C@H]2CC(c3ccnc4ccc(F)cc34)C[C@H]2C1. The predicted molar refractivity (Wildman–Crippen MR) is 105 cm³/mol. The summed E-state index contributed by atoms with van der Waals surface area (Å²) in [7, 11) is 0. The van der Waals surface area contributed by atoms with Gasteiger partial charge in [0, 0.05) is 30.2 Å². The maximum atomic E-state index is 13.8. The Morgan fingerprint density at radius 1 is 1.14 bits per heavy atom. The topological polar surface area (TPSA) is 62.3 Å². The monoisotopic (exact) mass is 383 g/mol. The number of fused-ring (bicyclic) bond motifs is 2. The van der Waals surface area contributed by atoms with Crippen LogP contribution in [0.15, 0.2) is 30.5 Å². The number of aromatic nitrogens is 1. The Balaban J connectivity index is 1.46. The summed E-state index contributed by atoms with van der Waals surface area (Å²) in [5, 5.41) is 3.63. The second kappa shape index (κ2) is 6.83. The van der Waals surface area contributed by atoms with Crippen molar-refractivity contribution in [1.29, 1.82) is 0 Å². The molecule has 2 aliphatic rings. The van der Waals surface area contributed by atoms with E-state index in [9.17, 15) is 14.0 Å². The summed E-state index contributed by atoms with van der Waals surface area (Å²) in [6.07, 6.45) is 3.69. The van der Waals surface area contributed by atoms with E-state index < -0.39 is 17.4 Å². The van der Waals surface area contributed by atoms with Gasteiger partial charge in [-0.1, -0.05) is 0 Å². The molecule has 1 saturated heterocycles. The van der Waals surface area contributed by atoms with Gasteiger partial charge in [0.05, 0.1) is 5.52 Å². The molecule has 0 spiro atoms. The fourth-order valence-corrected chi connectivity index (χ4v) is 4.75. The molecule has 1 aliphatic heterocycles. The summed E-state index contributed by atoms with van der Waals surface area (Å²) in [4.78, 5) is 30.7. The fourth-order valence-electron chi connectivity index (χ4n) is 4.75. The molecule has 1 saturated carbocycles. The lowest BCUT2D eigenvalue weighted by atomic mass is 9.93. The van der Waals surface area contributed by atoms with E-state index in [0.717, 1.165) is 29.3 Å². The first-order valence-corrected chi connectivity index (χ1v) is 9.87. The third-order valence-corrected chi connectivity index (χ3v) is 5.90. The van der Waals surface area contributed by atoms with Crippen LogP contribution >= 0.6 is 0 Å². The number of amides is 2. The maximum absolute atomic E-state index is 13.8. The fraction of sp³-hybridized carbons (Fsp3) is 0.500. The molecule has 28 heavy (non-hydrogen) atoms. The zero-order valence-electron chi connectivity index (χ0n) is 16.5. The standard InChI is InChI=1S/C22H26FN3O2/c1-22(2,3)25-20(27)21(28)26-11-14-8-13(9-15(14)12-26)17-6-7-24-19-5-4-16(23)10-18(17)19/h4-7,10,13-15H,8-9,11-12H2,1-3H3,(H,25,27)/t13?,14-,15+. The van der Waals surface area contributed by atoms with Crippen molar-refractivity contribution < 1.29 is 14.0 Å². The first-order valence-electron chi connectivity index (χ1n) is 9.87. The van der Waals surface area contributed by atoms with E-state index in [4.69, 9.17) is 0 Å². The zero-order valence-corrected chi connectivity index (χ0v) is 16.5. The molecule has 4 rings (SSSR count). The smallest absolute Gasteiger partial charge is 0.311 e. The Hall–Kier alpha value is -2.50. The minimum absolute atomic E-state index is 0.249. The Labute approximate surface area is 164 Å². The first kappa shape index (κ1) is 18.8. The molecular weight excluding hydrogens is 357 g/mol. The number of benzene rings is 1. The summed E-state index contributed by atoms with van der Waals surface area (Å²) in [5.74, 6) is -0.109. The number of hydrogen-bond acceptors (Lipinski definition) is 3. The number of nitrogens with one attached hydrogen (secondary N) is 1. The van der Waals surface area contributed by atoms with Gasteiger partial charge in [0.15, 0.2) is 0 Å². The molecule has 2 heterocycles. The molecule has 0 bridgehead atoms. The lowest BCUT2D eigenvalue weighted by molar-refractivity contribution is -0.146. The third kappa shape index (κ3) is 3.60. The molecule has 2 aromatic rings. The van der Waals surface area contributed by atoms with Gasteiger partial charge in [-0.15, -0.1) is 0 Å². The second-order valence-electron chi connectivity index (χ2n) is 9.16. The maximum Gasteiger partial charge on any atom is 0.311 e. The molecule has 2 fully saturated rings. The molecule has 0 radical (unpaired) electrons. The highest BCUT2D eigenvalue weighted by atomic mass is 19.1. The normalized spacial score (nSPS) is 24.4.